The van der Waals surface area contributed by atoms with Crippen molar-refractivity contribution in [1.29, 1.82) is 0 Å². The summed E-state index contributed by atoms with van der Waals surface area (Å²) in [6, 6.07) is 1.90. The van der Waals surface area contributed by atoms with Crippen molar-refractivity contribution in [3.05, 3.63) is 21.0 Å². The van der Waals surface area contributed by atoms with Gasteiger partial charge in [-0.25, -0.2) is 4.98 Å². The minimum Gasteiger partial charge on any atom is -0.393 e. The molecule has 1 aromatic rings. The van der Waals surface area contributed by atoms with E-state index in [1.807, 2.05) is 13.0 Å². The molecule has 0 aromatic carbocycles. The smallest absolute Gasteiger partial charge is 0.131 e. The van der Waals surface area contributed by atoms with Gasteiger partial charge in [-0.05, 0) is 47.9 Å². The van der Waals surface area contributed by atoms with Crippen LogP contribution in [0.4, 0.5) is 5.69 Å². The van der Waals surface area contributed by atoms with Crippen molar-refractivity contribution in [2.24, 2.45) is 5.92 Å². The molecule has 0 spiro atoms. The summed E-state index contributed by atoms with van der Waals surface area (Å²) < 4.78 is 1.12. The zero-order chi connectivity index (χ0) is 11.7. The quantitative estimate of drug-likeness (QED) is 0.671. The van der Waals surface area contributed by atoms with Gasteiger partial charge in [0.25, 0.3) is 0 Å². The summed E-state index contributed by atoms with van der Waals surface area (Å²) in [4.78, 5) is 6.32. The third-order valence-corrected chi connectivity index (χ3v) is 3.81. The van der Waals surface area contributed by atoms with Gasteiger partial charge in [0, 0.05) is 19.3 Å². The molecule has 2 heterocycles. The molecule has 1 N–H and O–H groups in total. The molecule has 0 saturated carbocycles. The maximum Gasteiger partial charge on any atom is 0.131 e. The van der Waals surface area contributed by atoms with Crippen LogP contribution in [0.5, 0.6) is 0 Å². The van der Waals surface area contributed by atoms with Gasteiger partial charge < -0.3 is 10.0 Å². The first-order valence-electron chi connectivity index (χ1n) is 5.30. The Morgan fingerprint density at radius 3 is 3.00 bits per heavy atom. The van der Waals surface area contributed by atoms with Crippen molar-refractivity contribution < 1.29 is 5.11 Å². The average Bonchev–Trinajstić information content (AvgIpc) is 2.15. The molecule has 1 aliphatic heterocycles. The molecule has 1 unspecified atom stereocenters. The van der Waals surface area contributed by atoms with Gasteiger partial charge in [0.1, 0.15) is 5.15 Å². The summed E-state index contributed by atoms with van der Waals surface area (Å²) in [6.45, 7) is 3.85. The SMILES string of the molecule is CC(O)CC1CN(c2cc(Cl)ncc2I)C1. The number of hydrogen-bond donors (Lipinski definition) is 1. The molecule has 5 heteroatoms. The molecule has 0 radical (unpaired) electrons. The largest absolute Gasteiger partial charge is 0.393 e. The van der Waals surface area contributed by atoms with Crippen molar-refractivity contribution in [2.75, 3.05) is 18.0 Å². The minimum atomic E-state index is -0.202. The predicted molar refractivity (Wildman–Crippen MR) is 74.0 cm³/mol. The number of aromatic nitrogens is 1. The Hall–Kier alpha value is -0.0700. The number of halogens is 2. The third-order valence-electron chi connectivity index (χ3n) is 2.77. The molecule has 1 saturated heterocycles. The summed E-state index contributed by atoms with van der Waals surface area (Å²) in [6.07, 6.45) is 2.47. The lowest BCUT2D eigenvalue weighted by Crippen LogP contribution is -2.48. The second-order valence-electron chi connectivity index (χ2n) is 4.31. The Labute approximate surface area is 114 Å². The highest BCUT2D eigenvalue weighted by Crippen LogP contribution is 2.31. The van der Waals surface area contributed by atoms with Crippen LogP contribution in [-0.4, -0.2) is 29.3 Å². The first kappa shape index (κ1) is 12.4. The number of hydrogen-bond acceptors (Lipinski definition) is 3. The van der Waals surface area contributed by atoms with Gasteiger partial charge in [-0.15, -0.1) is 0 Å². The van der Waals surface area contributed by atoms with Crippen molar-refractivity contribution in [2.45, 2.75) is 19.4 Å². The maximum atomic E-state index is 9.29. The first-order chi connectivity index (χ1) is 7.56. The summed E-state index contributed by atoms with van der Waals surface area (Å²) in [5.74, 6) is 0.600. The van der Waals surface area contributed by atoms with Crippen LogP contribution in [0.2, 0.25) is 5.15 Å². The van der Waals surface area contributed by atoms with Gasteiger partial charge in [-0.1, -0.05) is 11.6 Å². The second kappa shape index (κ2) is 5.06. The third kappa shape index (κ3) is 2.78. The maximum absolute atomic E-state index is 9.29. The Bertz CT molecular complexity index is 380. The van der Waals surface area contributed by atoms with Crippen LogP contribution in [-0.2, 0) is 0 Å². The van der Waals surface area contributed by atoms with Crippen LogP contribution in [0, 0.1) is 9.49 Å². The molecular formula is C11H14ClIN2O. The van der Waals surface area contributed by atoms with E-state index in [0.29, 0.717) is 11.1 Å². The van der Waals surface area contributed by atoms with E-state index in [1.165, 1.54) is 0 Å². The molecule has 1 aliphatic rings. The highest BCUT2D eigenvalue weighted by molar-refractivity contribution is 14.1. The van der Waals surface area contributed by atoms with Crippen molar-refractivity contribution in [3.8, 4) is 0 Å². The van der Waals surface area contributed by atoms with Crippen LogP contribution in [0.25, 0.3) is 0 Å². The Morgan fingerprint density at radius 2 is 2.38 bits per heavy atom. The minimum absolute atomic E-state index is 0.202. The highest BCUT2D eigenvalue weighted by atomic mass is 127. The topological polar surface area (TPSA) is 36.4 Å². The van der Waals surface area contributed by atoms with Crippen molar-refractivity contribution >= 4 is 39.9 Å². The van der Waals surface area contributed by atoms with Crippen molar-refractivity contribution in [3.63, 3.8) is 0 Å². The summed E-state index contributed by atoms with van der Waals surface area (Å²) in [5.41, 5.74) is 1.16. The van der Waals surface area contributed by atoms with Crippen molar-refractivity contribution in [1.82, 2.24) is 4.98 Å². The van der Waals surface area contributed by atoms with Crippen LogP contribution in [0.1, 0.15) is 13.3 Å². The summed E-state index contributed by atoms with van der Waals surface area (Å²) >= 11 is 8.15. The molecule has 1 atom stereocenters. The first-order valence-corrected chi connectivity index (χ1v) is 6.76. The summed E-state index contributed by atoms with van der Waals surface area (Å²) in [7, 11) is 0. The van der Waals surface area contributed by atoms with Gasteiger partial charge in [-0.2, -0.15) is 0 Å². The number of rotatable bonds is 3. The predicted octanol–water partition coefficient (Wildman–Crippen LogP) is 2.55. The Balaban J connectivity index is 1.98. The molecule has 16 heavy (non-hydrogen) atoms. The number of nitrogens with zero attached hydrogens (tertiary/aromatic N) is 2. The number of aliphatic hydroxyl groups excluding tert-OH is 1. The number of pyridine rings is 1. The lowest BCUT2D eigenvalue weighted by molar-refractivity contribution is 0.150. The van der Waals surface area contributed by atoms with Gasteiger partial charge >= 0.3 is 0 Å². The zero-order valence-electron chi connectivity index (χ0n) is 9.03. The number of aliphatic hydroxyl groups is 1. The standard InChI is InChI=1S/C11H14ClIN2O/c1-7(16)2-8-5-15(6-8)10-3-11(12)14-4-9(10)13/h3-4,7-8,16H,2,5-6H2,1H3. The fourth-order valence-electron chi connectivity index (χ4n) is 2.04. The van der Waals surface area contributed by atoms with E-state index >= 15 is 0 Å². The number of anilines is 1. The van der Waals surface area contributed by atoms with E-state index in [0.717, 1.165) is 28.8 Å². The van der Waals surface area contributed by atoms with E-state index in [-0.39, 0.29) is 6.10 Å². The monoisotopic (exact) mass is 352 g/mol. The zero-order valence-corrected chi connectivity index (χ0v) is 11.9. The lowest BCUT2D eigenvalue weighted by atomic mass is 9.93. The molecule has 0 amide bonds. The van der Waals surface area contributed by atoms with Gasteiger partial charge in [0.05, 0.1) is 15.4 Å². The molecule has 1 aromatic heterocycles. The van der Waals surface area contributed by atoms with Gasteiger partial charge in [0.2, 0.25) is 0 Å². The van der Waals surface area contributed by atoms with E-state index < -0.39 is 0 Å². The summed E-state index contributed by atoms with van der Waals surface area (Å²) in [5, 5.41) is 9.83. The molecule has 3 nitrogen and oxygen atoms in total. The second-order valence-corrected chi connectivity index (χ2v) is 5.86. The molecule has 2 rings (SSSR count). The van der Waals surface area contributed by atoms with E-state index in [2.05, 4.69) is 32.5 Å². The van der Waals surface area contributed by atoms with Crippen LogP contribution in [0.3, 0.4) is 0 Å². The van der Waals surface area contributed by atoms with Gasteiger partial charge in [0.15, 0.2) is 0 Å². The van der Waals surface area contributed by atoms with Crippen LogP contribution < -0.4 is 4.90 Å². The molecule has 88 valence electrons. The molecule has 0 aliphatic carbocycles. The van der Waals surface area contributed by atoms with Gasteiger partial charge in [-0.3, -0.25) is 0 Å². The molecular weight excluding hydrogens is 338 g/mol. The van der Waals surface area contributed by atoms with Crippen LogP contribution >= 0.6 is 34.2 Å². The lowest BCUT2D eigenvalue weighted by Gasteiger charge is -2.42. The highest BCUT2D eigenvalue weighted by Gasteiger charge is 2.29. The average molecular weight is 353 g/mol. The molecule has 1 fully saturated rings. The van der Waals surface area contributed by atoms with E-state index in [1.54, 1.807) is 6.20 Å². The normalized spacial score (nSPS) is 18.4. The molecule has 0 bridgehead atoms. The van der Waals surface area contributed by atoms with E-state index in [4.69, 9.17) is 11.6 Å². The van der Waals surface area contributed by atoms with E-state index in [9.17, 15) is 5.11 Å². The Kier molecular flexibility index (Phi) is 3.92. The van der Waals surface area contributed by atoms with Crippen LogP contribution in [0.15, 0.2) is 12.3 Å². The fraction of sp³-hybridized carbons (Fsp3) is 0.545. The Morgan fingerprint density at radius 1 is 1.69 bits per heavy atom. The fourth-order valence-corrected chi connectivity index (χ4v) is 2.83.